The first kappa shape index (κ1) is 10.5. The maximum Gasteiger partial charge on any atom is 0.122 e. The summed E-state index contributed by atoms with van der Waals surface area (Å²) in [6, 6.07) is 8.87. The van der Waals surface area contributed by atoms with Crippen LogP contribution in [0.1, 0.15) is 0 Å². The molecule has 4 aromatic rings. The Morgan fingerprint density at radius 3 is 2.94 bits per heavy atom. The van der Waals surface area contributed by atoms with Crippen molar-refractivity contribution in [2.45, 2.75) is 0 Å². The fourth-order valence-corrected chi connectivity index (χ4v) is 2.13. The van der Waals surface area contributed by atoms with E-state index in [1.807, 2.05) is 18.2 Å². The van der Waals surface area contributed by atoms with Crippen molar-refractivity contribution in [2.24, 2.45) is 0 Å². The van der Waals surface area contributed by atoms with Crippen LogP contribution in [0.25, 0.3) is 32.8 Å². The van der Waals surface area contributed by atoms with Gasteiger partial charge in [-0.2, -0.15) is 0 Å². The van der Waals surface area contributed by atoms with Crippen LogP contribution in [0.15, 0.2) is 45.8 Å². The second kappa shape index (κ2) is 3.69. The molecule has 0 aliphatic heterocycles. The maximum absolute atomic E-state index is 5.49. The molecule has 85 valence electrons. The molecule has 17 heavy (non-hydrogen) atoms. The fourth-order valence-electron chi connectivity index (χ4n) is 2.13. The number of nitrogens with zero attached hydrogens (tertiary/aromatic N) is 1. The monoisotopic (exact) mass is 401 g/mol. The van der Waals surface area contributed by atoms with Gasteiger partial charge in [-0.1, -0.05) is 6.07 Å². The minimum Gasteiger partial charge on any atom is -0.535 e. The third-order valence-electron chi connectivity index (χ3n) is 2.81. The Hall–Kier alpha value is -1.64. The Morgan fingerprint density at radius 2 is 2.00 bits per heavy atom. The van der Waals surface area contributed by atoms with E-state index in [1.165, 1.54) is 0 Å². The zero-order valence-corrected chi connectivity index (χ0v) is 11.0. The third kappa shape index (κ3) is 1.28. The number of hydrogen-bond donors (Lipinski definition) is 0. The van der Waals surface area contributed by atoms with E-state index >= 15 is 0 Å². The van der Waals surface area contributed by atoms with Crippen molar-refractivity contribution in [3.63, 3.8) is 0 Å². The van der Waals surface area contributed by atoms with Gasteiger partial charge < -0.3 is 13.8 Å². The quantitative estimate of drug-likeness (QED) is 0.424. The molecule has 0 aliphatic carbocycles. The van der Waals surface area contributed by atoms with Crippen molar-refractivity contribution < 1.29 is 28.9 Å². The van der Waals surface area contributed by atoms with Gasteiger partial charge in [-0.15, -0.1) is 11.5 Å². The van der Waals surface area contributed by atoms with Crippen LogP contribution in [0.3, 0.4) is 0 Å². The first-order chi connectivity index (χ1) is 7.95. The molecule has 0 fully saturated rings. The third-order valence-corrected chi connectivity index (χ3v) is 2.81. The van der Waals surface area contributed by atoms with E-state index in [1.54, 1.807) is 18.7 Å². The molecular weight excluding hydrogens is 394 g/mol. The van der Waals surface area contributed by atoms with Crippen molar-refractivity contribution >= 4 is 32.8 Å². The molecule has 3 nitrogen and oxygen atoms in total. The van der Waals surface area contributed by atoms with Gasteiger partial charge in [-0.25, -0.2) is 0 Å². The summed E-state index contributed by atoms with van der Waals surface area (Å²) in [5, 5.41) is 2.87. The van der Waals surface area contributed by atoms with Gasteiger partial charge in [-0.3, -0.25) is 0 Å². The Morgan fingerprint density at radius 1 is 1.06 bits per heavy atom. The van der Waals surface area contributed by atoms with Gasteiger partial charge in [0, 0.05) is 43.5 Å². The topological polar surface area (TPSA) is 39.2 Å². The molecular formula is C13H6IrNO2-. The molecule has 0 amide bonds. The van der Waals surface area contributed by atoms with Crippen molar-refractivity contribution in [1.29, 1.82) is 0 Å². The summed E-state index contributed by atoms with van der Waals surface area (Å²) in [6.07, 6.45) is 4.99. The van der Waals surface area contributed by atoms with Crippen LogP contribution < -0.4 is 0 Å². The molecule has 0 aliphatic rings. The molecule has 1 aromatic carbocycles. The molecule has 0 spiro atoms. The summed E-state index contributed by atoms with van der Waals surface area (Å²) in [4.78, 5) is 4.36. The van der Waals surface area contributed by atoms with E-state index in [0.717, 1.165) is 32.8 Å². The average molecular weight is 400 g/mol. The second-order valence-electron chi connectivity index (χ2n) is 3.65. The predicted octanol–water partition coefficient (Wildman–Crippen LogP) is 3.52. The number of rotatable bonds is 0. The van der Waals surface area contributed by atoms with Crippen LogP contribution in [-0.2, 0) is 20.1 Å². The summed E-state index contributed by atoms with van der Waals surface area (Å²) in [5.74, 6) is 0. The van der Waals surface area contributed by atoms with Crippen molar-refractivity contribution in [3.8, 4) is 0 Å². The van der Waals surface area contributed by atoms with Crippen LogP contribution in [0.5, 0.6) is 0 Å². The van der Waals surface area contributed by atoms with Gasteiger partial charge >= 0.3 is 0 Å². The van der Waals surface area contributed by atoms with Gasteiger partial charge in [0.15, 0.2) is 0 Å². The van der Waals surface area contributed by atoms with Crippen LogP contribution in [0, 0.1) is 6.07 Å². The van der Waals surface area contributed by atoms with Gasteiger partial charge in [-0.05, 0) is 23.0 Å². The van der Waals surface area contributed by atoms with E-state index in [0.29, 0.717) is 0 Å². The summed E-state index contributed by atoms with van der Waals surface area (Å²) >= 11 is 0. The van der Waals surface area contributed by atoms with Gasteiger partial charge in [0.1, 0.15) is 5.58 Å². The van der Waals surface area contributed by atoms with E-state index in [9.17, 15) is 0 Å². The SMILES string of the molecule is [Ir].[c-]1coc2c1c1ncccc1c1occc21. The number of benzene rings is 1. The fraction of sp³-hybridized carbons (Fsp3) is 0. The van der Waals surface area contributed by atoms with Crippen LogP contribution in [0.4, 0.5) is 0 Å². The molecule has 0 saturated heterocycles. The maximum atomic E-state index is 5.49. The van der Waals surface area contributed by atoms with E-state index in [-0.39, 0.29) is 20.1 Å². The Labute approximate surface area is 110 Å². The van der Waals surface area contributed by atoms with E-state index in [2.05, 4.69) is 11.1 Å². The molecule has 4 heteroatoms. The number of aromatic nitrogens is 1. The number of furan rings is 2. The van der Waals surface area contributed by atoms with Crippen LogP contribution in [0.2, 0.25) is 0 Å². The van der Waals surface area contributed by atoms with Gasteiger partial charge in [0.2, 0.25) is 0 Å². The molecule has 0 N–H and O–H groups in total. The largest absolute Gasteiger partial charge is 0.535 e. The van der Waals surface area contributed by atoms with Crippen molar-refractivity contribution in [2.75, 3.05) is 0 Å². The summed E-state index contributed by atoms with van der Waals surface area (Å²) in [6.45, 7) is 0. The van der Waals surface area contributed by atoms with Gasteiger partial charge in [0.05, 0.1) is 6.26 Å². The smallest absolute Gasteiger partial charge is 0.122 e. The van der Waals surface area contributed by atoms with Gasteiger partial charge in [0.25, 0.3) is 0 Å². The molecule has 4 rings (SSSR count). The zero-order valence-electron chi connectivity index (χ0n) is 8.56. The van der Waals surface area contributed by atoms with Crippen LogP contribution in [-0.4, -0.2) is 4.98 Å². The zero-order chi connectivity index (χ0) is 10.5. The van der Waals surface area contributed by atoms with Crippen molar-refractivity contribution in [1.82, 2.24) is 4.98 Å². The van der Waals surface area contributed by atoms with Crippen LogP contribution >= 0.6 is 0 Å². The van der Waals surface area contributed by atoms with E-state index < -0.39 is 0 Å². The Bertz CT molecular complexity index is 747. The minimum absolute atomic E-state index is 0. The van der Waals surface area contributed by atoms with E-state index in [4.69, 9.17) is 8.83 Å². The number of pyridine rings is 1. The standard InChI is InChI=1S/C13H6NO2.Ir/c1-2-8-11(14-5-1)9-3-6-15-13(9)10-4-7-16-12(8)10;/h1-2,4-7H;/q-1;. The molecule has 0 atom stereocenters. The molecule has 0 unspecified atom stereocenters. The summed E-state index contributed by atoms with van der Waals surface area (Å²) < 4.78 is 10.9. The molecule has 3 aromatic heterocycles. The summed E-state index contributed by atoms with van der Waals surface area (Å²) in [7, 11) is 0. The molecule has 0 saturated carbocycles. The minimum atomic E-state index is 0. The normalized spacial score (nSPS) is 11.1. The Kier molecular flexibility index (Phi) is 2.28. The summed E-state index contributed by atoms with van der Waals surface area (Å²) in [5.41, 5.74) is 2.47. The Balaban J connectivity index is 0.000000902. The molecule has 1 radical (unpaired) electrons. The predicted molar refractivity (Wildman–Crippen MR) is 60.1 cm³/mol. The number of hydrogen-bond acceptors (Lipinski definition) is 3. The molecule has 3 heterocycles. The first-order valence-corrected chi connectivity index (χ1v) is 4.98. The first-order valence-electron chi connectivity index (χ1n) is 4.98. The number of fused-ring (bicyclic) bond motifs is 6. The second-order valence-corrected chi connectivity index (χ2v) is 3.65. The average Bonchev–Trinajstić information content (AvgIpc) is 2.98. The molecule has 0 bridgehead atoms. The van der Waals surface area contributed by atoms with Crippen molar-refractivity contribution in [3.05, 3.63) is 43.0 Å².